The Bertz CT molecular complexity index is 1570. The summed E-state index contributed by atoms with van der Waals surface area (Å²) in [5, 5.41) is 0.606. The lowest BCUT2D eigenvalue weighted by atomic mass is 10.0. The molecule has 4 aromatic rings. The molecule has 10 heteroatoms. The predicted octanol–water partition coefficient (Wildman–Crippen LogP) is 4.75. The van der Waals surface area contributed by atoms with E-state index in [-0.39, 0.29) is 29.9 Å². The SMILES string of the molecule is Cc1cc(Cl)cc(-c2ncnc3cc(Cn4c(=O)ccn(C(C)C)c4=O)sc23)c1O[C@H]1CCCN(C)C1. The van der Waals surface area contributed by atoms with Gasteiger partial charge >= 0.3 is 5.69 Å². The van der Waals surface area contributed by atoms with Crippen LogP contribution in [0.5, 0.6) is 5.75 Å². The maximum absolute atomic E-state index is 12.9. The molecule has 0 amide bonds. The molecule has 5 rings (SSSR count). The number of nitrogens with zero attached hydrogens (tertiary/aromatic N) is 5. The minimum atomic E-state index is -0.329. The van der Waals surface area contributed by atoms with Crippen LogP contribution in [0.4, 0.5) is 0 Å². The second kappa shape index (κ2) is 10.4. The minimum Gasteiger partial charge on any atom is -0.488 e. The molecule has 0 N–H and O–H groups in total. The minimum absolute atomic E-state index is 0.0485. The number of benzene rings is 1. The molecule has 1 atom stereocenters. The standard InChI is InChI=1S/C27H30ClN5O3S/c1-16(2)32-9-7-23(34)33(27(32)35)14-20-12-22-26(37-20)24(30-15-29-22)21-11-18(28)10-17(3)25(21)36-19-6-5-8-31(4)13-19/h7,9-12,15-16,19H,5-6,8,13-14H2,1-4H3/t19-/m0/s1. The number of likely N-dealkylation sites (tertiary alicyclic amines) is 1. The van der Waals surface area contributed by atoms with Gasteiger partial charge in [-0.15, -0.1) is 11.3 Å². The van der Waals surface area contributed by atoms with E-state index in [1.54, 1.807) is 10.8 Å². The van der Waals surface area contributed by atoms with Crippen molar-refractivity contribution in [3.63, 3.8) is 0 Å². The Labute approximate surface area is 224 Å². The zero-order valence-corrected chi connectivity index (χ0v) is 23.0. The van der Waals surface area contributed by atoms with Gasteiger partial charge in [0.05, 0.1) is 22.5 Å². The van der Waals surface area contributed by atoms with E-state index in [2.05, 4.69) is 21.9 Å². The number of likely N-dealkylation sites (N-methyl/N-ethyl adjacent to an activating group) is 1. The Morgan fingerprint density at radius 1 is 1.22 bits per heavy atom. The first kappa shape index (κ1) is 25.6. The molecule has 37 heavy (non-hydrogen) atoms. The number of piperidine rings is 1. The van der Waals surface area contributed by atoms with Crippen molar-refractivity contribution in [2.24, 2.45) is 0 Å². The Hall–Kier alpha value is -3.01. The van der Waals surface area contributed by atoms with Crippen molar-refractivity contribution in [1.29, 1.82) is 0 Å². The predicted molar refractivity (Wildman–Crippen MR) is 148 cm³/mol. The molecule has 1 saturated heterocycles. The summed E-state index contributed by atoms with van der Waals surface area (Å²) in [6, 6.07) is 7.10. The summed E-state index contributed by atoms with van der Waals surface area (Å²) in [6.07, 6.45) is 5.25. The van der Waals surface area contributed by atoms with Crippen molar-refractivity contribution in [1.82, 2.24) is 24.0 Å². The third kappa shape index (κ3) is 5.21. The molecule has 0 aliphatic carbocycles. The van der Waals surface area contributed by atoms with Gasteiger partial charge in [-0.05, 0) is 71.0 Å². The molecule has 8 nitrogen and oxygen atoms in total. The van der Waals surface area contributed by atoms with Crippen LogP contribution in [0.1, 0.15) is 43.2 Å². The van der Waals surface area contributed by atoms with Crippen LogP contribution >= 0.6 is 22.9 Å². The molecule has 0 bridgehead atoms. The van der Waals surface area contributed by atoms with Crippen molar-refractivity contribution in [3.05, 3.63) is 73.1 Å². The van der Waals surface area contributed by atoms with E-state index in [1.165, 1.54) is 28.3 Å². The van der Waals surface area contributed by atoms with Crippen LogP contribution in [0.2, 0.25) is 5.02 Å². The maximum atomic E-state index is 12.9. The van der Waals surface area contributed by atoms with E-state index in [0.29, 0.717) is 5.02 Å². The van der Waals surface area contributed by atoms with Gasteiger partial charge in [0.15, 0.2) is 0 Å². The molecule has 3 aromatic heterocycles. The largest absolute Gasteiger partial charge is 0.488 e. The van der Waals surface area contributed by atoms with Gasteiger partial charge in [0.2, 0.25) is 0 Å². The van der Waals surface area contributed by atoms with Crippen molar-refractivity contribution in [2.45, 2.75) is 52.3 Å². The normalized spacial score (nSPS) is 16.5. The molecule has 0 spiro atoms. The van der Waals surface area contributed by atoms with Crippen LogP contribution in [0.25, 0.3) is 21.5 Å². The highest BCUT2D eigenvalue weighted by Crippen LogP contribution is 2.41. The molecule has 1 aliphatic rings. The Morgan fingerprint density at radius 2 is 2.03 bits per heavy atom. The fourth-order valence-electron chi connectivity index (χ4n) is 4.84. The van der Waals surface area contributed by atoms with Crippen molar-refractivity contribution < 1.29 is 4.74 Å². The third-order valence-electron chi connectivity index (χ3n) is 6.69. The number of halogens is 1. The van der Waals surface area contributed by atoms with E-state index >= 15 is 0 Å². The summed E-state index contributed by atoms with van der Waals surface area (Å²) in [5.41, 5.74) is 2.58. The highest BCUT2D eigenvalue weighted by atomic mass is 35.5. The summed E-state index contributed by atoms with van der Waals surface area (Å²) in [6.45, 7) is 7.92. The lowest BCUT2D eigenvalue weighted by Gasteiger charge is -2.31. The summed E-state index contributed by atoms with van der Waals surface area (Å²) >= 11 is 7.97. The van der Waals surface area contributed by atoms with Gasteiger partial charge < -0.3 is 9.64 Å². The topological polar surface area (TPSA) is 82.2 Å². The monoisotopic (exact) mass is 539 g/mol. The fourth-order valence-corrected chi connectivity index (χ4v) is 6.22. The first-order valence-electron chi connectivity index (χ1n) is 12.4. The Balaban J connectivity index is 1.57. The molecule has 4 heterocycles. The highest BCUT2D eigenvalue weighted by Gasteiger charge is 2.23. The van der Waals surface area contributed by atoms with Gasteiger partial charge in [0.1, 0.15) is 18.2 Å². The number of aryl methyl sites for hydroxylation is 1. The summed E-state index contributed by atoms with van der Waals surface area (Å²) < 4.78 is 10.2. The maximum Gasteiger partial charge on any atom is 0.331 e. The van der Waals surface area contributed by atoms with Crippen LogP contribution < -0.4 is 16.0 Å². The van der Waals surface area contributed by atoms with E-state index in [1.807, 2.05) is 39.0 Å². The zero-order chi connectivity index (χ0) is 26.3. The van der Waals surface area contributed by atoms with Crippen LogP contribution in [0.3, 0.4) is 0 Å². The number of thiophene rings is 1. The van der Waals surface area contributed by atoms with Crippen molar-refractivity contribution >= 4 is 33.2 Å². The molecule has 0 unspecified atom stereocenters. The summed E-state index contributed by atoms with van der Waals surface area (Å²) in [4.78, 5) is 37.7. The van der Waals surface area contributed by atoms with E-state index in [0.717, 1.165) is 63.6 Å². The lowest BCUT2D eigenvalue weighted by molar-refractivity contribution is 0.104. The lowest BCUT2D eigenvalue weighted by Crippen LogP contribution is -2.39. The highest BCUT2D eigenvalue weighted by molar-refractivity contribution is 7.19. The van der Waals surface area contributed by atoms with Crippen LogP contribution in [0, 0.1) is 6.92 Å². The van der Waals surface area contributed by atoms with Gasteiger partial charge in [-0.3, -0.25) is 13.9 Å². The second-order valence-corrected chi connectivity index (χ2v) is 11.5. The average Bonchev–Trinajstić information content (AvgIpc) is 3.26. The van der Waals surface area contributed by atoms with Gasteiger partial charge in [-0.25, -0.2) is 14.8 Å². The number of ether oxygens (including phenoxy) is 1. The first-order chi connectivity index (χ1) is 17.7. The van der Waals surface area contributed by atoms with Crippen molar-refractivity contribution in [2.75, 3.05) is 20.1 Å². The Kier molecular flexibility index (Phi) is 7.20. The molecule has 194 valence electrons. The van der Waals surface area contributed by atoms with Gasteiger partial charge in [0.25, 0.3) is 5.56 Å². The van der Waals surface area contributed by atoms with Crippen LogP contribution in [0.15, 0.2) is 46.4 Å². The molecule has 1 fully saturated rings. The first-order valence-corrected chi connectivity index (χ1v) is 13.6. The van der Waals surface area contributed by atoms with E-state index < -0.39 is 0 Å². The number of rotatable bonds is 6. The third-order valence-corrected chi connectivity index (χ3v) is 8.02. The number of aromatic nitrogens is 4. The van der Waals surface area contributed by atoms with E-state index in [4.69, 9.17) is 16.3 Å². The quantitative estimate of drug-likeness (QED) is 0.352. The fraction of sp³-hybridized carbons (Fsp3) is 0.407. The smallest absolute Gasteiger partial charge is 0.331 e. The van der Waals surface area contributed by atoms with Gasteiger partial charge in [0, 0.05) is 40.3 Å². The number of hydrogen-bond donors (Lipinski definition) is 0. The molecular weight excluding hydrogens is 510 g/mol. The second-order valence-electron chi connectivity index (χ2n) is 9.92. The van der Waals surface area contributed by atoms with Crippen LogP contribution in [-0.4, -0.2) is 50.2 Å². The molecule has 1 aromatic carbocycles. The van der Waals surface area contributed by atoms with E-state index in [9.17, 15) is 9.59 Å². The molecular formula is C27H30ClN5O3S. The Morgan fingerprint density at radius 3 is 2.78 bits per heavy atom. The van der Waals surface area contributed by atoms with Crippen molar-refractivity contribution in [3.8, 4) is 17.0 Å². The van der Waals surface area contributed by atoms with Gasteiger partial charge in [-0.1, -0.05) is 11.6 Å². The zero-order valence-electron chi connectivity index (χ0n) is 21.4. The number of hydrogen-bond acceptors (Lipinski definition) is 7. The molecule has 0 saturated carbocycles. The van der Waals surface area contributed by atoms with Crippen LogP contribution in [-0.2, 0) is 6.54 Å². The number of fused-ring (bicyclic) bond motifs is 1. The molecule has 1 aliphatic heterocycles. The average molecular weight is 540 g/mol. The summed E-state index contributed by atoms with van der Waals surface area (Å²) in [7, 11) is 2.11. The molecule has 0 radical (unpaired) electrons. The van der Waals surface area contributed by atoms with Gasteiger partial charge in [-0.2, -0.15) is 0 Å². The summed E-state index contributed by atoms with van der Waals surface area (Å²) in [5.74, 6) is 0.777.